The second-order valence-electron chi connectivity index (χ2n) is 5.64. The van der Waals surface area contributed by atoms with E-state index in [1.54, 1.807) is 31.2 Å². The Kier molecular flexibility index (Phi) is 9.18. The molecule has 0 aliphatic carbocycles. The molecule has 0 heterocycles. The minimum atomic E-state index is -0.211. The van der Waals surface area contributed by atoms with Gasteiger partial charge in [0.25, 0.3) is 0 Å². The number of halogens is 2. The first-order chi connectivity index (χ1) is 12.0. The summed E-state index contributed by atoms with van der Waals surface area (Å²) < 4.78 is 18.4. The molecule has 5 nitrogen and oxygen atoms in total. The van der Waals surface area contributed by atoms with Crippen LogP contribution in [0, 0.1) is 12.7 Å². The van der Waals surface area contributed by atoms with Crippen molar-refractivity contribution in [3.8, 4) is 11.5 Å². The molecule has 0 aromatic heterocycles. The highest BCUT2D eigenvalue weighted by atomic mass is 127. The molecule has 0 spiro atoms. The zero-order valence-corrected chi connectivity index (χ0v) is 17.5. The van der Waals surface area contributed by atoms with E-state index in [2.05, 4.69) is 15.6 Å². The zero-order chi connectivity index (χ0) is 18.2. The first kappa shape index (κ1) is 22.0. The van der Waals surface area contributed by atoms with Crippen LogP contribution in [0.2, 0.25) is 0 Å². The SMILES string of the molecule is CCNC(=NCc1ccc(F)c(C)c1)NCc1ccc(OC)c(O)c1.I. The first-order valence-corrected chi connectivity index (χ1v) is 8.16. The van der Waals surface area contributed by atoms with E-state index in [9.17, 15) is 9.50 Å². The smallest absolute Gasteiger partial charge is 0.191 e. The van der Waals surface area contributed by atoms with Gasteiger partial charge in [0.1, 0.15) is 5.82 Å². The maximum Gasteiger partial charge on any atom is 0.191 e. The Bertz CT molecular complexity index is 754. The second kappa shape index (κ2) is 10.8. The number of rotatable bonds is 6. The summed E-state index contributed by atoms with van der Waals surface area (Å²) in [7, 11) is 1.51. The molecular weight excluding hydrogens is 448 g/mol. The van der Waals surface area contributed by atoms with Gasteiger partial charge in [-0.25, -0.2) is 9.38 Å². The van der Waals surface area contributed by atoms with Crippen LogP contribution in [0.3, 0.4) is 0 Å². The van der Waals surface area contributed by atoms with Crippen molar-refractivity contribution in [2.75, 3.05) is 13.7 Å². The van der Waals surface area contributed by atoms with Gasteiger partial charge >= 0.3 is 0 Å². The average molecular weight is 473 g/mol. The third-order valence-corrected chi connectivity index (χ3v) is 3.69. The molecule has 3 N–H and O–H groups in total. The third-order valence-electron chi connectivity index (χ3n) is 3.69. The van der Waals surface area contributed by atoms with E-state index >= 15 is 0 Å². The fourth-order valence-electron chi connectivity index (χ4n) is 2.35. The van der Waals surface area contributed by atoms with Crippen molar-refractivity contribution in [2.45, 2.75) is 26.9 Å². The molecule has 0 atom stereocenters. The molecule has 2 rings (SSSR count). The number of phenolic OH excluding ortho intramolecular Hbond substituents is 1. The van der Waals surface area contributed by atoms with E-state index in [4.69, 9.17) is 4.74 Å². The number of hydrogen-bond donors (Lipinski definition) is 3. The molecule has 0 amide bonds. The monoisotopic (exact) mass is 473 g/mol. The van der Waals surface area contributed by atoms with Gasteiger partial charge in [-0.2, -0.15) is 0 Å². The molecule has 26 heavy (non-hydrogen) atoms. The van der Waals surface area contributed by atoms with E-state index in [-0.39, 0.29) is 35.5 Å². The van der Waals surface area contributed by atoms with Crippen molar-refractivity contribution in [3.63, 3.8) is 0 Å². The van der Waals surface area contributed by atoms with E-state index in [1.807, 2.05) is 13.0 Å². The molecular formula is C19H25FIN3O2. The molecule has 7 heteroatoms. The van der Waals surface area contributed by atoms with Crippen LogP contribution in [0.4, 0.5) is 4.39 Å². The van der Waals surface area contributed by atoms with Crippen molar-refractivity contribution >= 4 is 29.9 Å². The largest absolute Gasteiger partial charge is 0.504 e. The molecule has 142 valence electrons. The maximum absolute atomic E-state index is 13.3. The maximum atomic E-state index is 13.3. The Balaban J connectivity index is 0.00000338. The Morgan fingerprint density at radius 3 is 2.50 bits per heavy atom. The van der Waals surface area contributed by atoms with Crippen LogP contribution in [0.25, 0.3) is 0 Å². The highest BCUT2D eigenvalue weighted by Gasteiger charge is 2.04. The highest BCUT2D eigenvalue weighted by Crippen LogP contribution is 2.26. The van der Waals surface area contributed by atoms with Crippen LogP contribution in [-0.4, -0.2) is 24.7 Å². The fraction of sp³-hybridized carbons (Fsp3) is 0.316. The summed E-state index contributed by atoms with van der Waals surface area (Å²) in [6.07, 6.45) is 0. The molecule has 0 saturated carbocycles. The molecule has 0 saturated heterocycles. The number of methoxy groups -OCH3 is 1. The van der Waals surface area contributed by atoms with Crippen LogP contribution in [0.5, 0.6) is 11.5 Å². The molecule has 2 aromatic rings. The molecule has 0 bridgehead atoms. The summed E-state index contributed by atoms with van der Waals surface area (Å²) in [6, 6.07) is 10.2. The number of aromatic hydroxyl groups is 1. The summed E-state index contributed by atoms with van der Waals surface area (Å²) in [5, 5.41) is 16.2. The van der Waals surface area contributed by atoms with Gasteiger partial charge in [-0.05, 0) is 48.7 Å². The van der Waals surface area contributed by atoms with Crippen LogP contribution < -0.4 is 15.4 Å². The number of guanidine groups is 1. The Hall–Kier alpha value is -2.03. The van der Waals surface area contributed by atoms with Crippen LogP contribution in [-0.2, 0) is 13.1 Å². The Labute approximate surface area is 170 Å². The first-order valence-electron chi connectivity index (χ1n) is 8.16. The summed E-state index contributed by atoms with van der Waals surface area (Å²) in [5.41, 5.74) is 2.46. The average Bonchev–Trinajstić information content (AvgIpc) is 2.60. The standard InChI is InChI=1S/C19H24FN3O2.HI/c1-4-21-19(22-11-14-5-7-16(20)13(2)9-14)23-12-15-6-8-18(25-3)17(24)10-15;/h5-10,24H,4,11-12H2,1-3H3,(H2,21,22,23);1H. The lowest BCUT2D eigenvalue weighted by Crippen LogP contribution is -2.36. The van der Waals surface area contributed by atoms with Gasteiger partial charge in [0.15, 0.2) is 17.5 Å². The third kappa shape index (κ3) is 6.36. The lowest BCUT2D eigenvalue weighted by Gasteiger charge is -2.12. The topological polar surface area (TPSA) is 65.9 Å². The number of ether oxygens (including phenoxy) is 1. The number of nitrogens with one attached hydrogen (secondary N) is 2. The molecule has 0 radical (unpaired) electrons. The second-order valence-corrected chi connectivity index (χ2v) is 5.64. The van der Waals surface area contributed by atoms with E-state index in [0.717, 1.165) is 17.7 Å². The van der Waals surface area contributed by atoms with Gasteiger partial charge in [0, 0.05) is 13.1 Å². The lowest BCUT2D eigenvalue weighted by molar-refractivity contribution is 0.373. The van der Waals surface area contributed by atoms with E-state index in [1.165, 1.54) is 13.2 Å². The number of aryl methyl sites for hydroxylation is 1. The minimum absolute atomic E-state index is 0. The van der Waals surface area contributed by atoms with Crippen LogP contribution >= 0.6 is 24.0 Å². The number of phenols is 1. The number of benzene rings is 2. The van der Waals surface area contributed by atoms with Crippen molar-refractivity contribution in [1.29, 1.82) is 0 Å². The van der Waals surface area contributed by atoms with Gasteiger partial charge in [0.2, 0.25) is 0 Å². The molecule has 0 aliphatic heterocycles. The number of nitrogens with zero attached hydrogens (tertiary/aromatic N) is 1. The summed E-state index contributed by atoms with van der Waals surface area (Å²) in [5.74, 6) is 0.985. The molecule has 0 unspecified atom stereocenters. The van der Waals surface area contributed by atoms with Gasteiger partial charge in [0.05, 0.1) is 13.7 Å². The number of hydrogen-bond acceptors (Lipinski definition) is 3. The normalized spacial score (nSPS) is 10.8. The lowest BCUT2D eigenvalue weighted by atomic mass is 10.1. The van der Waals surface area contributed by atoms with E-state index < -0.39 is 0 Å². The predicted molar refractivity (Wildman–Crippen MR) is 113 cm³/mol. The van der Waals surface area contributed by atoms with Crippen molar-refractivity contribution in [2.24, 2.45) is 4.99 Å². The van der Waals surface area contributed by atoms with Crippen molar-refractivity contribution in [1.82, 2.24) is 10.6 Å². The molecule has 2 aromatic carbocycles. The predicted octanol–water partition coefficient (Wildman–Crippen LogP) is 3.72. The van der Waals surface area contributed by atoms with Gasteiger partial charge in [-0.15, -0.1) is 24.0 Å². The van der Waals surface area contributed by atoms with Gasteiger partial charge in [-0.1, -0.05) is 18.2 Å². The molecule has 0 fully saturated rings. The van der Waals surface area contributed by atoms with Crippen molar-refractivity contribution < 1.29 is 14.2 Å². The Morgan fingerprint density at radius 2 is 1.88 bits per heavy atom. The van der Waals surface area contributed by atoms with E-state index in [0.29, 0.717) is 30.4 Å². The quantitative estimate of drug-likeness (QED) is 0.340. The summed E-state index contributed by atoms with van der Waals surface area (Å²) in [6.45, 7) is 5.40. The zero-order valence-electron chi connectivity index (χ0n) is 15.2. The van der Waals surface area contributed by atoms with Crippen LogP contribution in [0.15, 0.2) is 41.4 Å². The Morgan fingerprint density at radius 1 is 1.15 bits per heavy atom. The minimum Gasteiger partial charge on any atom is -0.504 e. The van der Waals surface area contributed by atoms with Gasteiger partial charge in [-0.3, -0.25) is 0 Å². The molecule has 0 aliphatic rings. The highest BCUT2D eigenvalue weighted by molar-refractivity contribution is 14.0. The van der Waals surface area contributed by atoms with Crippen LogP contribution in [0.1, 0.15) is 23.6 Å². The summed E-state index contributed by atoms with van der Waals surface area (Å²) in [4.78, 5) is 4.51. The number of aliphatic imine (C=N–C) groups is 1. The fourth-order valence-corrected chi connectivity index (χ4v) is 2.35. The van der Waals surface area contributed by atoms with Crippen molar-refractivity contribution in [3.05, 3.63) is 58.9 Å². The summed E-state index contributed by atoms with van der Waals surface area (Å²) >= 11 is 0. The van der Waals surface area contributed by atoms with Gasteiger partial charge < -0.3 is 20.5 Å².